The molecule has 0 saturated heterocycles. The number of hydrogen-bond acceptors (Lipinski definition) is 2. The van der Waals surface area contributed by atoms with Gasteiger partial charge < -0.3 is 5.32 Å². The van der Waals surface area contributed by atoms with Crippen LogP contribution in [0.15, 0.2) is 36.4 Å². The smallest absolute Gasteiger partial charge is 0.138 e. The molecule has 2 nitrogen and oxygen atoms in total. The number of benzene rings is 2. The third-order valence-corrected chi connectivity index (χ3v) is 5.85. The number of anilines is 1. The van der Waals surface area contributed by atoms with Gasteiger partial charge in [0.15, 0.2) is 0 Å². The lowest BCUT2D eigenvalue weighted by Gasteiger charge is -2.31. The summed E-state index contributed by atoms with van der Waals surface area (Å²) in [6.45, 7) is 0. The Labute approximate surface area is 167 Å². The van der Waals surface area contributed by atoms with Crippen LogP contribution in [0.4, 0.5) is 5.69 Å². The van der Waals surface area contributed by atoms with Gasteiger partial charge >= 0.3 is 0 Å². The van der Waals surface area contributed by atoms with E-state index in [-0.39, 0.29) is 17.7 Å². The lowest BCUT2D eigenvalue weighted by Crippen LogP contribution is -2.30. The normalized spacial score (nSPS) is 18.9. The van der Waals surface area contributed by atoms with Crippen LogP contribution in [0.3, 0.4) is 0 Å². The molecule has 25 heavy (non-hydrogen) atoms. The van der Waals surface area contributed by atoms with Gasteiger partial charge in [-0.2, -0.15) is 0 Å². The van der Waals surface area contributed by atoms with Gasteiger partial charge in [-0.05, 0) is 48.7 Å². The Hall–Kier alpha value is -0.930. The highest BCUT2D eigenvalue weighted by molar-refractivity contribution is 6.42. The average Bonchev–Trinajstić information content (AvgIpc) is 2.57. The van der Waals surface area contributed by atoms with Crippen LogP contribution in [0.5, 0.6) is 0 Å². The lowest BCUT2D eigenvalue weighted by molar-refractivity contribution is -0.125. The van der Waals surface area contributed by atoms with Gasteiger partial charge in [0, 0.05) is 28.1 Å². The van der Waals surface area contributed by atoms with Gasteiger partial charge in [-0.3, -0.25) is 4.79 Å². The third-order valence-electron chi connectivity index (χ3n) is 4.54. The second-order valence-electron chi connectivity index (χ2n) is 6.24. The summed E-state index contributed by atoms with van der Waals surface area (Å²) < 4.78 is 0. The van der Waals surface area contributed by atoms with E-state index < -0.39 is 0 Å². The Morgan fingerprint density at radius 1 is 0.920 bits per heavy atom. The largest absolute Gasteiger partial charge is 0.377 e. The van der Waals surface area contributed by atoms with Crippen LogP contribution in [0.2, 0.25) is 20.1 Å². The zero-order valence-corrected chi connectivity index (χ0v) is 16.4. The Balaban J connectivity index is 1.98. The van der Waals surface area contributed by atoms with Gasteiger partial charge in [0.1, 0.15) is 5.78 Å². The molecular weight excluding hydrogens is 400 g/mol. The number of ketones is 1. The second-order valence-corrected chi connectivity index (χ2v) is 7.89. The summed E-state index contributed by atoms with van der Waals surface area (Å²) in [6, 6.07) is 10.5. The Morgan fingerprint density at radius 2 is 1.72 bits per heavy atom. The van der Waals surface area contributed by atoms with E-state index in [1.807, 2.05) is 12.1 Å². The molecule has 1 fully saturated rings. The molecular formula is C19H17Cl4NO. The zero-order valence-electron chi connectivity index (χ0n) is 13.4. The van der Waals surface area contributed by atoms with Crippen molar-refractivity contribution < 1.29 is 4.79 Å². The molecule has 0 aliphatic heterocycles. The summed E-state index contributed by atoms with van der Waals surface area (Å²) in [7, 11) is 0. The van der Waals surface area contributed by atoms with E-state index in [9.17, 15) is 4.79 Å². The SMILES string of the molecule is O=C1CCCC[C@@H]1[C@@H](Nc1ccc(Cl)c(Cl)c1)c1ccc(Cl)cc1Cl. The minimum atomic E-state index is -0.241. The van der Waals surface area contributed by atoms with E-state index in [2.05, 4.69) is 5.32 Å². The van der Waals surface area contributed by atoms with Crippen molar-refractivity contribution in [2.45, 2.75) is 31.7 Å². The van der Waals surface area contributed by atoms with Crippen LogP contribution < -0.4 is 5.32 Å². The standard InChI is InChI=1S/C19H17Cl4NO/c20-11-5-7-13(16(22)9-11)19(14-3-1-2-4-18(14)25)24-12-6-8-15(21)17(23)10-12/h5-10,14,19,24H,1-4H2/t14-,19-/m0/s1. The third kappa shape index (κ3) is 4.43. The molecule has 2 aromatic carbocycles. The van der Waals surface area contributed by atoms with Crippen molar-refractivity contribution in [3.63, 3.8) is 0 Å². The van der Waals surface area contributed by atoms with Gasteiger partial charge in [-0.25, -0.2) is 0 Å². The second kappa shape index (κ2) is 8.18. The number of hydrogen-bond donors (Lipinski definition) is 1. The number of carbonyl (C=O) groups excluding carboxylic acids is 1. The highest BCUT2D eigenvalue weighted by Crippen LogP contribution is 2.39. The maximum atomic E-state index is 12.5. The fourth-order valence-electron chi connectivity index (χ4n) is 3.28. The van der Waals surface area contributed by atoms with Crippen LogP contribution in [0.25, 0.3) is 0 Å². The first kappa shape index (κ1) is 18.8. The quantitative estimate of drug-likeness (QED) is 0.570. The highest BCUT2D eigenvalue weighted by Gasteiger charge is 2.32. The fraction of sp³-hybridized carbons (Fsp3) is 0.316. The molecule has 0 bridgehead atoms. The fourth-order valence-corrected chi connectivity index (χ4v) is 4.10. The molecule has 0 heterocycles. The summed E-state index contributed by atoms with van der Waals surface area (Å²) >= 11 is 24.6. The van der Waals surface area contributed by atoms with Crippen LogP contribution in [-0.2, 0) is 4.79 Å². The number of rotatable bonds is 4. The molecule has 132 valence electrons. The minimum Gasteiger partial charge on any atom is -0.377 e. The van der Waals surface area contributed by atoms with E-state index in [1.165, 1.54) is 0 Å². The molecule has 0 radical (unpaired) electrons. The molecule has 0 aromatic heterocycles. The van der Waals surface area contributed by atoms with E-state index in [4.69, 9.17) is 46.4 Å². The number of Topliss-reactive ketones (excluding diaryl/α,β-unsaturated/α-hetero) is 1. The summed E-state index contributed by atoms with van der Waals surface area (Å²) in [5, 5.41) is 5.49. The molecule has 0 amide bonds. The van der Waals surface area contributed by atoms with Crippen molar-refractivity contribution in [1.82, 2.24) is 0 Å². The molecule has 1 aliphatic rings. The Bertz CT molecular complexity index is 793. The summed E-state index contributed by atoms with van der Waals surface area (Å²) in [5.74, 6) is 0.122. The topological polar surface area (TPSA) is 29.1 Å². The van der Waals surface area contributed by atoms with Crippen LogP contribution in [0, 0.1) is 5.92 Å². The van der Waals surface area contributed by atoms with Crippen molar-refractivity contribution in [2.75, 3.05) is 5.32 Å². The van der Waals surface area contributed by atoms with E-state index in [1.54, 1.807) is 24.3 Å². The number of halogens is 4. The van der Waals surface area contributed by atoms with Gasteiger partial charge in [-0.1, -0.05) is 58.9 Å². The molecule has 0 spiro atoms. The molecule has 1 N–H and O–H groups in total. The van der Waals surface area contributed by atoms with Crippen molar-refractivity contribution >= 4 is 57.9 Å². The average molecular weight is 417 g/mol. The highest BCUT2D eigenvalue weighted by atomic mass is 35.5. The van der Waals surface area contributed by atoms with Gasteiger partial charge in [0.05, 0.1) is 16.1 Å². The molecule has 2 atom stereocenters. The Kier molecular flexibility index (Phi) is 6.17. The molecule has 6 heteroatoms. The molecule has 2 aromatic rings. The van der Waals surface area contributed by atoms with Crippen molar-refractivity contribution in [3.05, 3.63) is 62.1 Å². The molecule has 3 rings (SSSR count). The van der Waals surface area contributed by atoms with E-state index >= 15 is 0 Å². The predicted octanol–water partition coefficient (Wildman–Crippen LogP) is 7.21. The first-order valence-corrected chi connectivity index (χ1v) is 9.66. The lowest BCUT2D eigenvalue weighted by atomic mass is 9.80. The van der Waals surface area contributed by atoms with Crippen molar-refractivity contribution in [1.29, 1.82) is 0 Å². The summed E-state index contributed by atoms with van der Waals surface area (Å²) in [4.78, 5) is 12.5. The molecule has 0 unspecified atom stereocenters. The van der Waals surface area contributed by atoms with E-state index in [0.29, 0.717) is 26.5 Å². The summed E-state index contributed by atoms with van der Waals surface area (Å²) in [6.07, 6.45) is 3.41. The molecule has 1 aliphatic carbocycles. The van der Waals surface area contributed by atoms with Gasteiger partial charge in [-0.15, -0.1) is 0 Å². The van der Waals surface area contributed by atoms with Crippen molar-refractivity contribution in [3.8, 4) is 0 Å². The number of nitrogens with one attached hydrogen (secondary N) is 1. The summed E-state index contributed by atoms with van der Waals surface area (Å²) in [5.41, 5.74) is 1.65. The van der Waals surface area contributed by atoms with Crippen LogP contribution in [-0.4, -0.2) is 5.78 Å². The maximum Gasteiger partial charge on any atom is 0.138 e. The first-order chi connectivity index (χ1) is 12.0. The van der Waals surface area contributed by atoms with Crippen LogP contribution >= 0.6 is 46.4 Å². The van der Waals surface area contributed by atoms with Crippen molar-refractivity contribution in [2.24, 2.45) is 5.92 Å². The maximum absolute atomic E-state index is 12.5. The van der Waals surface area contributed by atoms with Crippen LogP contribution in [0.1, 0.15) is 37.3 Å². The predicted molar refractivity (Wildman–Crippen MR) is 106 cm³/mol. The Morgan fingerprint density at radius 3 is 2.40 bits per heavy atom. The van der Waals surface area contributed by atoms with Gasteiger partial charge in [0.2, 0.25) is 0 Å². The zero-order chi connectivity index (χ0) is 18.0. The first-order valence-electron chi connectivity index (χ1n) is 8.15. The minimum absolute atomic E-state index is 0.137. The van der Waals surface area contributed by atoms with E-state index in [0.717, 1.165) is 30.5 Å². The monoisotopic (exact) mass is 415 g/mol. The molecule has 1 saturated carbocycles. The van der Waals surface area contributed by atoms with Gasteiger partial charge in [0.25, 0.3) is 0 Å². The number of carbonyl (C=O) groups is 1.